The van der Waals surface area contributed by atoms with Gasteiger partial charge in [-0.15, -0.1) is 0 Å². The minimum Gasteiger partial charge on any atom is -0.390 e. The fraction of sp³-hybridized carbons (Fsp3) is 0.933. The number of amides is 1. The van der Waals surface area contributed by atoms with Crippen LogP contribution < -0.4 is 0 Å². The number of carbonyl (C=O) groups is 1. The summed E-state index contributed by atoms with van der Waals surface area (Å²) >= 11 is 0. The molecule has 0 saturated carbocycles. The van der Waals surface area contributed by atoms with E-state index in [4.69, 9.17) is 4.74 Å². The third-order valence-corrected chi connectivity index (χ3v) is 4.37. The zero-order chi connectivity index (χ0) is 13.7. The van der Waals surface area contributed by atoms with E-state index in [1.54, 1.807) is 0 Å². The van der Waals surface area contributed by atoms with Crippen LogP contribution in [-0.2, 0) is 9.53 Å². The molecule has 2 atom stereocenters. The summed E-state index contributed by atoms with van der Waals surface area (Å²) in [6.45, 7) is 4.21. The molecule has 4 nitrogen and oxygen atoms in total. The third kappa shape index (κ3) is 4.77. The Morgan fingerprint density at radius 2 is 2.16 bits per heavy atom. The van der Waals surface area contributed by atoms with Gasteiger partial charge in [-0.25, -0.2) is 0 Å². The molecule has 0 radical (unpaired) electrons. The van der Waals surface area contributed by atoms with Crippen molar-refractivity contribution in [2.45, 2.75) is 70.0 Å². The standard InChI is InChI=1S/C15H27NO3/c1-15(18)8-4-10-16(11-9-15)14(17)7-6-13-5-2-3-12-19-13/h13,18H,2-12H2,1H3. The molecule has 0 aromatic heterocycles. The van der Waals surface area contributed by atoms with E-state index in [1.165, 1.54) is 6.42 Å². The van der Waals surface area contributed by atoms with Gasteiger partial charge in [0.05, 0.1) is 11.7 Å². The molecule has 2 heterocycles. The van der Waals surface area contributed by atoms with Crippen LogP contribution in [0.1, 0.15) is 58.3 Å². The van der Waals surface area contributed by atoms with Gasteiger partial charge in [0.15, 0.2) is 0 Å². The Morgan fingerprint density at radius 1 is 1.32 bits per heavy atom. The van der Waals surface area contributed by atoms with Crippen LogP contribution in [0.15, 0.2) is 0 Å². The van der Waals surface area contributed by atoms with Crippen molar-refractivity contribution in [2.24, 2.45) is 0 Å². The molecule has 0 aliphatic carbocycles. The molecule has 2 fully saturated rings. The van der Waals surface area contributed by atoms with Gasteiger partial charge in [0, 0.05) is 26.1 Å². The van der Waals surface area contributed by atoms with Crippen molar-refractivity contribution in [1.82, 2.24) is 4.90 Å². The number of nitrogens with zero attached hydrogens (tertiary/aromatic N) is 1. The van der Waals surface area contributed by atoms with Crippen LogP contribution in [0.3, 0.4) is 0 Å². The van der Waals surface area contributed by atoms with Gasteiger partial charge in [-0.05, 0) is 51.9 Å². The quantitative estimate of drug-likeness (QED) is 0.853. The molecule has 2 aliphatic heterocycles. The number of aliphatic hydroxyl groups is 1. The molecular formula is C15H27NO3. The highest BCUT2D eigenvalue weighted by molar-refractivity contribution is 5.76. The van der Waals surface area contributed by atoms with Gasteiger partial charge in [0.1, 0.15) is 0 Å². The Bertz CT molecular complexity index is 298. The van der Waals surface area contributed by atoms with E-state index in [0.717, 1.165) is 45.3 Å². The molecule has 110 valence electrons. The smallest absolute Gasteiger partial charge is 0.222 e. The largest absolute Gasteiger partial charge is 0.390 e. The second kappa shape index (κ2) is 6.71. The summed E-state index contributed by atoms with van der Waals surface area (Å²) in [5.41, 5.74) is -0.596. The van der Waals surface area contributed by atoms with Crippen molar-refractivity contribution in [1.29, 1.82) is 0 Å². The first-order valence-electron chi connectivity index (χ1n) is 7.69. The summed E-state index contributed by atoms with van der Waals surface area (Å²) in [7, 11) is 0. The summed E-state index contributed by atoms with van der Waals surface area (Å²) in [6, 6.07) is 0. The Morgan fingerprint density at radius 3 is 2.89 bits per heavy atom. The number of hydrogen-bond acceptors (Lipinski definition) is 3. The Balaban J connectivity index is 1.73. The second-order valence-corrected chi connectivity index (χ2v) is 6.26. The summed E-state index contributed by atoms with van der Waals surface area (Å²) < 4.78 is 5.66. The zero-order valence-electron chi connectivity index (χ0n) is 12.1. The van der Waals surface area contributed by atoms with Crippen LogP contribution in [-0.4, -0.2) is 47.3 Å². The fourth-order valence-corrected chi connectivity index (χ4v) is 2.99. The first-order valence-corrected chi connectivity index (χ1v) is 7.69. The van der Waals surface area contributed by atoms with Crippen LogP contribution in [0.25, 0.3) is 0 Å². The number of ether oxygens (including phenoxy) is 1. The Labute approximate surface area is 116 Å². The minimum atomic E-state index is -0.596. The lowest BCUT2D eigenvalue weighted by molar-refractivity contribution is -0.132. The molecule has 2 saturated heterocycles. The van der Waals surface area contributed by atoms with Gasteiger partial charge in [-0.2, -0.15) is 0 Å². The van der Waals surface area contributed by atoms with E-state index in [0.29, 0.717) is 19.4 Å². The van der Waals surface area contributed by atoms with Gasteiger partial charge < -0.3 is 14.7 Å². The van der Waals surface area contributed by atoms with Crippen molar-refractivity contribution in [3.63, 3.8) is 0 Å². The van der Waals surface area contributed by atoms with Gasteiger partial charge >= 0.3 is 0 Å². The molecule has 0 aromatic carbocycles. The predicted molar refractivity (Wildman–Crippen MR) is 73.9 cm³/mol. The number of hydrogen-bond donors (Lipinski definition) is 1. The summed E-state index contributed by atoms with van der Waals surface area (Å²) in [6.07, 6.45) is 7.60. The average molecular weight is 269 g/mol. The second-order valence-electron chi connectivity index (χ2n) is 6.26. The SMILES string of the molecule is CC1(O)CCCN(C(=O)CCC2CCCCO2)CC1. The maximum atomic E-state index is 12.2. The van der Waals surface area contributed by atoms with Crippen molar-refractivity contribution in [2.75, 3.05) is 19.7 Å². The fourth-order valence-electron chi connectivity index (χ4n) is 2.99. The molecule has 1 amide bonds. The lowest BCUT2D eigenvalue weighted by Gasteiger charge is -2.25. The predicted octanol–water partition coefficient (Wildman–Crippen LogP) is 2.10. The van der Waals surface area contributed by atoms with Crippen LogP contribution in [0.4, 0.5) is 0 Å². The Hall–Kier alpha value is -0.610. The topological polar surface area (TPSA) is 49.8 Å². The first kappa shape index (κ1) is 14.8. The first-order chi connectivity index (χ1) is 9.07. The van der Waals surface area contributed by atoms with Gasteiger partial charge in [-0.3, -0.25) is 4.79 Å². The summed E-state index contributed by atoms with van der Waals surface area (Å²) in [5.74, 6) is 0.229. The van der Waals surface area contributed by atoms with E-state index in [2.05, 4.69) is 0 Å². The summed E-state index contributed by atoms with van der Waals surface area (Å²) in [4.78, 5) is 14.1. The molecule has 4 heteroatoms. The normalized spacial score (nSPS) is 32.9. The van der Waals surface area contributed by atoms with Crippen LogP contribution in [0, 0.1) is 0 Å². The van der Waals surface area contributed by atoms with Gasteiger partial charge in [0.2, 0.25) is 5.91 Å². The third-order valence-electron chi connectivity index (χ3n) is 4.37. The lowest BCUT2D eigenvalue weighted by Crippen LogP contribution is -2.34. The minimum absolute atomic E-state index is 0.229. The zero-order valence-corrected chi connectivity index (χ0v) is 12.1. The highest BCUT2D eigenvalue weighted by Crippen LogP contribution is 2.23. The number of rotatable bonds is 3. The van der Waals surface area contributed by atoms with Crippen molar-refractivity contribution < 1.29 is 14.6 Å². The summed E-state index contributed by atoms with van der Waals surface area (Å²) in [5, 5.41) is 10.0. The van der Waals surface area contributed by atoms with Crippen molar-refractivity contribution in [3.8, 4) is 0 Å². The van der Waals surface area contributed by atoms with Crippen LogP contribution in [0.2, 0.25) is 0 Å². The molecule has 0 spiro atoms. The van der Waals surface area contributed by atoms with Crippen molar-refractivity contribution in [3.05, 3.63) is 0 Å². The monoisotopic (exact) mass is 269 g/mol. The maximum absolute atomic E-state index is 12.2. The van der Waals surface area contributed by atoms with Crippen LogP contribution >= 0.6 is 0 Å². The van der Waals surface area contributed by atoms with E-state index < -0.39 is 5.60 Å². The molecule has 2 unspecified atom stereocenters. The molecule has 19 heavy (non-hydrogen) atoms. The maximum Gasteiger partial charge on any atom is 0.222 e. The number of carbonyl (C=O) groups excluding carboxylic acids is 1. The van der Waals surface area contributed by atoms with Crippen LogP contribution in [0.5, 0.6) is 0 Å². The highest BCUT2D eigenvalue weighted by Gasteiger charge is 2.27. The molecule has 0 aromatic rings. The Kier molecular flexibility index (Phi) is 5.22. The molecule has 2 rings (SSSR count). The lowest BCUT2D eigenvalue weighted by atomic mass is 9.98. The molecule has 0 bridgehead atoms. The van der Waals surface area contributed by atoms with E-state index in [9.17, 15) is 9.90 Å². The number of likely N-dealkylation sites (tertiary alicyclic amines) is 1. The van der Waals surface area contributed by atoms with Gasteiger partial charge in [0.25, 0.3) is 0 Å². The highest BCUT2D eigenvalue weighted by atomic mass is 16.5. The van der Waals surface area contributed by atoms with E-state index in [-0.39, 0.29) is 12.0 Å². The molecular weight excluding hydrogens is 242 g/mol. The molecule has 2 aliphatic rings. The van der Waals surface area contributed by atoms with Gasteiger partial charge in [-0.1, -0.05) is 0 Å². The molecule has 1 N–H and O–H groups in total. The average Bonchev–Trinajstić information content (AvgIpc) is 2.58. The van der Waals surface area contributed by atoms with E-state index >= 15 is 0 Å². The van der Waals surface area contributed by atoms with E-state index in [1.807, 2.05) is 11.8 Å². The van der Waals surface area contributed by atoms with Crippen molar-refractivity contribution >= 4 is 5.91 Å².